The molecule has 1 N–H and O–H groups in total. The lowest BCUT2D eigenvalue weighted by Crippen LogP contribution is -2.52. The quantitative estimate of drug-likeness (QED) is 0.415. The molecule has 0 heterocycles. The second-order valence-electron chi connectivity index (χ2n) is 8.18. The van der Waals surface area contributed by atoms with Crippen LogP contribution in [0, 0.1) is 0 Å². The Hall–Kier alpha value is -2.91. The summed E-state index contributed by atoms with van der Waals surface area (Å²) in [6.07, 6.45) is 0.257. The summed E-state index contributed by atoms with van der Waals surface area (Å²) in [5.74, 6) is -0.876. The molecule has 3 rings (SSSR count). The highest BCUT2D eigenvalue weighted by molar-refractivity contribution is 7.89. The predicted molar refractivity (Wildman–Crippen MR) is 141 cm³/mol. The molecule has 0 bridgehead atoms. The van der Waals surface area contributed by atoms with Crippen molar-refractivity contribution in [1.82, 2.24) is 14.5 Å². The van der Waals surface area contributed by atoms with E-state index >= 15 is 0 Å². The average molecular weight is 548 g/mol. The number of hydrogen-bond acceptors (Lipinski definition) is 4. The molecule has 10 heteroatoms. The van der Waals surface area contributed by atoms with E-state index in [1.54, 1.807) is 24.3 Å². The van der Waals surface area contributed by atoms with Gasteiger partial charge in [-0.25, -0.2) is 8.42 Å². The fourth-order valence-corrected chi connectivity index (χ4v) is 5.03. The molecule has 0 aliphatic rings. The molecule has 190 valence electrons. The van der Waals surface area contributed by atoms with Crippen molar-refractivity contribution in [3.63, 3.8) is 0 Å². The number of benzene rings is 3. The number of hydrogen-bond donors (Lipinski definition) is 1. The summed E-state index contributed by atoms with van der Waals surface area (Å²) < 4.78 is 27.1. The maximum absolute atomic E-state index is 13.6. The lowest BCUT2D eigenvalue weighted by molar-refractivity contribution is -0.141. The van der Waals surface area contributed by atoms with Crippen molar-refractivity contribution in [1.29, 1.82) is 0 Å². The molecule has 0 fully saturated rings. The number of carbonyl (C=O) groups is 2. The number of amides is 2. The molecule has 1 atom stereocenters. The minimum absolute atomic E-state index is 0.0126. The molecule has 3 aromatic carbocycles. The molecule has 0 aliphatic carbocycles. The van der Waals surface area contributed by atoms with Gasteiger partial charge in [-0.15, -0.1) is 0 Å². The van der Waals surface area contributed by atoms with Gasteiger partial charge in [0, 0.05) is 37.1 Å². The van der Waals surface area contributed by atoms with E-state index in [1.165, 1.54) is 43.3 Å². The highest BCUT2D eigenvalue weighted by Crippen LogP contribution is 2.20. The summed E-state index contributed by atoms with van der Waals surface area (Å²) >= 11 is 11.9. The Balaban J connectivity index is 1.93. The molecule has 0 radical (unpaired) electrons. The van der Waals surface area contributed by atoms with Crippen LogP contribution in [0.2, 0.25) is 10.0 Å². The van der Waals surface area contributed by atoms with Crippen LogP contribution >= 0.6 is 23.2 Å². The molecule has 0 saturated heterocycles. The van der Waals surface area contributed by atoms with Gasteiger partial charge in [0.2, 0.25) is 21.8 Å². The van der Waals surface area contributed by atoms with E-state index < -0.39 is 28.5 Å². The van der Waals surface area contributed by atoms with Crippen molar-refractivity contribution in [3.05, 3.63) is 100 Å². The molecular weight excluding hydrogens is 521 g/mol. The van der Waals surface area contributed by atoms with Gasteiger partial charge in [-0.3, -0.25) is 9.59 Å². The zero-order chi connectivity index (χ0) is 26.3. The first-order chi connectivity index (χ1) is 17.1. The number of likely N-dealkylation sites (N-methyl/N-ethyl adjacent to an activating group) is 2. The fraction of sp³-hybridized carbons (Fsp3) is 0.231. The van der Waals surface area contributed by atoms with Crippen LogP contribution in [0.15, 0.2) is 83.8 Å². The molecule has 0 spiro atoms. The number of nitrogens with zero attached hydrogens (tertiary/aromatic N) is 2. The summed E-state index contributed by atoms with van der Waals surface area (Å²) in [5, 5.41) is 3.57. The number of nitrogens with one attached hydrogen (secondary N) is 1. The topological polar surface area (TPSA) is 86.8 Å². The second kappa shape index (κ2) is 12.4. The first-order valence-corrected chi connectivity index (χ1v) is 13.3. The third-order valence-corrected chi connectivity index (χ3v) is 7.98. The lowest BCUT2D eigenvalue weighted by atomic mass is 10.0. The van der Waals surface area contributed by atoms with E-state index in [-0.39, 0.29) is 23.8 Å². The van der Waals surface area contributed by atoms with Crippen LogP contribution in [-0.2, 0) is 32.6 Å². The highest BCUT2D eigenvalue weighted by atomic mass is 35.5. The molecule has 0 aromatic heterocycles. The average Bonchev–Trinajstić information content (AvgIpc) is 2.87. The van der Waals surface area contributed by atoms with Gasteiger partial charge < -0.3 is 10.2 Å². The molecule has 3 aromatic rings. The van der Waals surface area contributed by atoms with Crippen molar-refractivity contribution in [2.45, 2.75) is 23.9 Å². The van der Waals surface area contributed by atoms with Gasteiger partial charge in [-0.2, -0.15) is 4.31 Å². The molecule has 1 unspecified atom stereocenters. The van der Waals surface area contributed by atoms with E-state index in [0.29, 0.717) is 10.0 Å². The van der Waals surface area contributed by atoms with Crippen LogP contribution < -0.4 is 5.32 Å². The van der Waals surface area contributed by atoms with Crippen LogP contribution in [0.25, 0.3) is 0 Å². The molecule has 7 nitrogen and oxygen atoms in total. The van der Waals surface area contributed by atoms with Gasteiger partial charge in [0.15, 0.2) is 0 Å². The van der Waals surface area contributed by atoms with Gasteiger partial charge in [-0.1, -0.05) is 65.7 Å². The third kappa shape index (κ3) is 7.07. The maximum atomic E-state index is 13.6. The number of rotatable bonds is 10. The van der Waals surface area contributed by atoms with Gasteiger partial charge in [0.05, 0.1) is 11.4 Å². The van der Waals surface area contributed by atoms with Crippen molar-refractivity contribution < 1.29 is 18.0 Å². The monoisotopic (exact) mass is 547 g/mol. The van der Waals surface area contributed by atoms with E-state index in [0.717, 1.165) is 15.4 Å². The zero-order valence-electron chi connectivity index (χ0n) is 19.9. The van der Waals surface area contributed by atoms with Gasteiger partial charge in [0.1, 0.15) is 6.04 Å². The van der Waals surface area contributed by atoms with Crippen LogP contribution in [0.5, 0.6) is 0 Å². The minimum atomic E-state index is -3.96. The summed E-state index contributed by atoms with van der Waals surface area (Å²) in [5.41, 5.74) is 1.61. The van der Waals surface area contributed by atoms with E-state index in [2.05, 4.69) is 5.32 Å². The zero-order valence-corrected chi connectivity index (χ0v) is 22.2. The van der Waals surface area contributed by atoms with Crippen molar-refractivity contribution in [3.8, 4) is 0 Å². The predicted octanol–water partition coefficient (Wildman–Crippen LogP) is 4.00. The van der Waals surface area contributed by atoms with Crippen molar-refractivity contribution in [2.75, 3.05) is 20.6 Å². The Morgan fingerprint density at radius 3 is 1.97 bits per heavy atom. The van der Waals surface area contributed by atoms with Crippen molar-refractivity contribution >= 4 is 45.0 Å². The summed E-state index contributed by atoms with van der Waals surface area (Å²) in [7, 11) is -1.13. The normalized spacial score (nSPS) is 12.2. The number of halogens is 2. The highest BCUT2D eigenvalue weighted by Gasteiger charge is 2.32. The number of carbonyl (C=O) groups excluding carboxylic acids is 2. The van der Waals surface area contributed by atoms with Crippen molar-refractivity contribution in [2.24, 2.45) is 0 Å². The molecule has 0 aliphatic heterocycles. The fourth-order valence-electron chi connectivity index (χ4n) is 3.66. The minimum Gasteiger partial charge on any atom is -0.357 e. The molecule has 0 saturated carbocycles. The van der Waals surface area contributed by atoms with Gasteiger partial charge >= 0.3 is 0 Å². The summed E-state index contributed by atoms with van der Waals surface area (Å²) in [4.78, 5) is 28.0. The first-order valence-electron chi connectivity index (χ1n) is 11.1. The van der Waals surface area contributed by atoms with Crippen LogP contribution in [-0.4, -0.2) is 56.1 Å². The Morgan fingerprint density at radius 2 is 1.42 bits per heavy atom. The lowest BCUT2D eigenvalue weighted by Gasteiger charge is -2.32. The number of sulfonamides is 1. The SMILES string of the molecule is CNC(=O)C(Cc1ccccc1)N(Cc1ccc(Cl)cc1)C(=O)CN(C)S(=O)(=O)c1ccc(Cl)cc1. The molecule has 2 amide bonds. The van der Waals surface area contributed by atoms with Crippen LogP contribution in [0.1, 0.15) is 11.1 Å². The Bertz CT molecular complexity index is 1290. The Morgan fingerprint density at radius 1 is 0.861 bits per heavy atom. The summed E-state index contributed by atoms with van der Waals surface area (Å²) in [6, 6.07) is 21.1. The second-order valence-corrected chi connectivity index (χ2v) is 11.1. The molecule has 36 heavy (non-hydrogen) atoms. The Kier molecular flexibility index (Phi) is 9.50. The van der Waals surface area contributed by atoms with Crippen LogP contribution in [0.4, 0.5) is 0 Å². The van der Waals surface area contributed by atoms with Gasteiger partial charge in [0.25, 0.3) is 0 Å². The molecular formula is C26H27Cl2N3O4S. The van der Waals surface area contributed by atoms with E-state index in [1.807, 2.05) is 30.3 Å². The smallest absolute Gasteiger partial charge is 0.243 e. The largest absolute Gasteiger partial charge is 0.357 e. The third-order valence-electron chi connectivity index (χ3n) is 5.66. The Labute approximate surface area is 221 Å². The van der Waals surface area contributed by atoms with Gasteiger partial charge in [-0.05, 0) is 47.5 Å². The summed E-state index contributed by atoms with van der Waals surface area (Å²) in [6.45, 7) is -0.364. The first kappa shape index (κ1) is 27.7. The maximum Gasteiger partial charge on any atom is 0.243 e. The van der Waals surface area contributed by atoms with Crippen LogP contribution in [0.3, 0.4) is 0 Å². The van der Waals surface area contributed by atoms with E-state index in [4.69, 9.17) is 23.2 Å². The van der Waals surface area contributed by atoms with E-state index in [9.17, 15) is 18.0 Å². The standard InChI is InChI=1S/C26H27Cl2N3O4S/c1-29-26(33)24(16-19-6-4-3-5-7-19)31(17-20-8-10-21(27)11-9-20)25(32)18-30(2)36(34,35)23-14-12-22(28)13-15-23/h3-15,24H,16-18H2,1-2H3,(H,29,33).